The molecule has 0 aromatic heterocycles. The van der Waals surface area contributed by atoms with Gasteiger partial charge in [-0.1, -0.05) is 17.7 Å². The van der Waals surface area contributed by atoms with E-state index >= 15 is 0 Å². The van der Waals surface area contributed by atoms with E-state index in [9.17, 15) is 0 Å². The molecule has 1 aliphatic heterocycles. The third-order valence-electron chi connectivity index (χ3n) is 3.18. The fraction of sp³-hybridized carbons (Fsp3) is 0.571. The van der Waals surface area contributed by atoms with Gasteiger partial charge in [-0.3, -0.25) is 0 Å². The van der Waals surface area contributed by atoms with E-state index in [0.717, 1.165) is 37.2 Å². The van der Waals surface area contributed by atoms with Gasteiger partial charge in [0.15, 0.2) is 0 Å². The van der Waals surface area contributed by atoms with Crippen molar-refractivity contribution in [3.8, 4) is 5.75 Å². The maximum absolute atomic E-state index is 9.08. The molecule has 1 saturated heterocycles. The van der Waals surface area contributed by atoms with Crippen LogP contribution in [0.5, 0.6) is 5.75 Å². The maximum atomic E-state index is 9.08. The summed E-state index contributed by atoms with van der Waals surface area (Å²) in [5.74, 6) is 0.941. The van der Waals surface area contributed by atoms with Crippen molar-refractivity contribution in [2.24, 2.45) is 0 Å². The Balaban J connectivity index is 2.07. The molecule has 0 atom stereocenters. The first-order valence-electron chi connectivity index (χ1n) is 6.37. The Bertz CT molecular complexity index is 359. The first kappa shape index (κ1) is 12.4. The van der Waals surface area contributed by atoms with Crippen LogP contribution >= 0.6 is 0 Å². The normalized spacial score (nSPS) is 17.1. The molecule has 0 spiro atoms. The fourth-order valence-electron chi connectivity index (χ4n) is 2.23. The molecule has 0 aliphatic carbocycles. The highest BCUT2D eigenvalue weighted by Crippen LogP contribution is 2.23. The Morgan fingerprint density at radius 3 is 2.82 bits per heavy atom. The minimum Gasteiger partial charge on any atom is -0.490 e. The molecule has 2 N–H and O–H groups in total. The number of benzene rings is 1. The fourth-order valence-corrected chi connectivity index (χ4v) is 2.23. The molecule has 0 bridgehead atoms. The molecule has 0 radical (unpaired) electrons. The monoisotopic (exact) mass is 235 g/mol. The number of aryl methyl sites for hydroxylation is 1. The van der Waals surface area contributed by atoms with Gasteiger partial charge in [-0.05, 0) is 50.9 Å². The van der Waals surface area contributed by atoms with Crippen LogP contribution in [0.3, 0.4) is 0 Å². The number of piperidine rings is 1. The van der Waals surface area contributed by atoms with Gasteiger partial charge < -0.3 is 15.2 Å². The van der Waals surface area contributed by atoms with Crippen molar-refractivity contribution in [1.82, 2.24) is 5.32 Å². The smallest absolute Gasteiger partial charge is 0.123 e. The summed E-state index contributed by atoms with van der Waals surface area (Å²) < 4.78 is 6.04. The molecule has 2 rings (SSSR count). The maximum Gasteiger partial charge on any atom is 0.123 e. The van der Waals surface area contributed by atoms with Gasteiger partial charge in [0, 0.05) is 6.61 Å². The molecule has 1 heterocycles. The van der Waals surface area contributed by atoms with Crippen LogP contribution in [0.15, 0.2) is 18.2 Å². The topological polar surface area (TPSA) is 41.5 Å². The second kappa shape index (κ2) is 6.03. The summed E-state index contributed by atoms with van der Waals surface area (Å²) in [7, 11) is 0. The predicted octanol–water partition coefficient (Wildman–Crippen LogP) is 1.66. The van der Waals surface area contributed by atoms with Crippen LogP contribution in [0.2, 0.25) is 0 Å². The van der Waals surface area contributed by atoms with E-state index in [0.29, 0.717) is 12.5 Å². The van der Waals surface area contributed by atoms with Crippen molar-refractivity contribution in [2.75, 3.05) is 19.7 Å². The molecule has 0 amide bonds. The molecule has 1 aromatic rings. The molecule has 1 aliphatic rings. The van der Waals surface area contributed by atoms with Crippen LogP contribution in [0.1, 0.15) is 24.0 Å². The molecular formula is C14H21NO2. The largest absolute Gasteiger partial charge is 0.490 e. The number of hydrogen-bond donors (Lipinski definition) is 2. The molecule has 0 saturated carbocycles. The highest BCUT2D eigenvalue weighted by Gasteiger charge is 2.15. The highest BCUT2D eigenvalue weighted by molar-refractivity contribution is 5.37. The lowest BCUT2D eigenvalue weighted by atomic mass is 10.1. The molecule has 1 aromatic carbocycles. The van der Waals surface area contributed by atoms with Crippen molar-refractivity contribution < 1.29 is 9.84 Å². The van der Waals surface area contributed by atoms with Gasteiger partial charge in [-0.2, -0.15) is 0 Å². The molecule has 1 fully saturated rings. The number of rotatable bonds is 4. The molecule has 94 valence electrons. The van der Waals surface area contributed by atoms with Gasteiger partial charge in [-0.25, -0.2) is 0 Å². The molecule has 3 heteroatoms. The number of aliphatic hydroxyl groups excluding tert-OH is 1. The summed E-state index contributed by atoms with van der Waals surface area (Å²) >= 11 is 0. The van der Waals surface area contributed by atoms with Crippen LogP contribution in [0.4, 0.5) is 0 Å². The first-order valence-corrected chi connectivity index (χ1v) is 6.37. The second-order valence-electron chi connectivity index (χ2n) is 4.65. The minimum atomic E-state index is 0.173. The average Bonchev–Trinajstić information content (AvgIpc) is 2.34. The Kier molecular flexibility index (Phi) is 4.40. The lowest BCUT2D eigenvalue weighted by Gasteiger charge is -2.25. The highest BCUT2D eigenvalue weighted by atomic mass is 16.5. The molecular weight excluding hydrogens is 214 g/mol. The number of hydrogen-bond acceptors (Lipinski definition) is 3. The average molecular weight is 235 g/mol. The zero-order valence-electron chi connectivity index (χ0n) is 10.4. The minimum absolute atomic E-state index is 0.173. The summed E-state index contributed by atoms with van der Waals surface area (Å²) in [6.07, 6.45) is 3.11. The summed E-state index contributed by atoms with van der Waals surface area (Å²) in [5, 5.41) is 12.4. The van der Waals surface area contributed by atoms with Crippen LogP contribution in [-0.2, 0) is 6.42 Å². The molecule has 0 unspecified atom stereocenters. The van der Waals surface area contributed by atoms with Crippen molar-refractivity contribution >= 4 is 0 Å². The summed E-state index contributed by atoms with van der Waals surface area (Å²) in [4.78, 5) is 0. The third kappa shape index (κ3) is 3.45. The summed E-state index contributed by atoms with van der Waals surface area (Å²) in [6, 6.07) is 6.20. The van der Waals surface area contributed by atoms with E-state index in [1.54, 1.807) is 0 Å². The number of aliphatic hydroxyl groups is 1. The van der Waals surface area contributed by atoms with Gasteiger partial charge in [-0.15, -0.1) is 0 Å². The van der Waals surface area contributed by atoms with Crippen LogP contribution in [0.25, 0.3) is 0 Å². The van der Waals surface area contributed by atoms with Crippen LogP contribution in [0, 0.1) is 6.92 Å². The Morgan fingerprint density at radius 1 is 1.35 bits per heavy atom. The SMILES string of the molecule is Cc1ccc(OC2CCNCC2)c(CCO)c1. The van der Waals surface area contributed by atoms with Crippen LogP contribution < -0.4 is 10.1 Å². The summed E-state index contributed by atoms with van der Waals surface area (Å²) in [5.41, 5.74) is 2.33. The van der Waals surface area contributed by atoms with Gasteiger partial charge in [0.1, 0.15) is 11.9 Å². The van der Waals surface area contributed by atoms with Gasteiger partial charge >= 0.3 is 0 Å². The number of nitrogens with one attached hydrogen (secondary N) is 1. The van der Waals surface area contributed by atoms with Crippen molar-refractivity contribution in [3.05, 3.63) is 29.3 Å². The van der Waals surface area contributed by atoms with Gasteiger partial charge in [0.05, 0.1) is 0 Å². The van der Waals surface area contributed by atoms with Gasteiger partial charge in [0.2, 0.25) is 0 Å². The van der Waals surface area contributed by atoms with Crippen molar-refractivity contribution in [1.29, 1.82) is 0 Å². The second-order valence-corrected chi connectivity index (χ2v) is 4.65. The van der Waals surface area contributed by atoms with E-state index in [4.69, 9.17) is 9.84 Å². The van der Waals surface area contributed by atoms with Crippen LogP contribution in [-0.4, -0.2) is 30.9 Å². The molecule has 3 nitrogen and oxygen atoms in total. The Labute approximate surface area is 103 Å². The van der Waals surface area contributed by atoms with E-state index in [2.05, 4.69) is 24.4 Å². The van der Waals surface area contributed by atoms with E-state index in [1.165, 1.54) is 5.56 Å². The first-order chi connectivity index (χ1) is 8.29. The zero-order valence-corrected chi connectivity index (χ0v) is 10.4. The third-order valence-corrected chi connectivity index (χ3v) is 3.18. The van der Waals surface area contributed by atoms with E-state index in [1.807, 2.05) is 6.07 Å². The lowest BCUT2D eigenvalue weighted by Crippen LogP contribution is -2.34. The van der Waals surface area contributed by atoms with E-state index in [-0.39, 0.29) is 6.61 Å². The standard InChI is InChI=1S/C14H21NO2/c1-11-2-3-14(12(10-11)6-9-16)17-13-4-7-15-8-5-13/h2-3,10,13,15-16H,4-9H2,1H3. The molecule has 17 heavy (non-hydrogen) atoms. The summed E-state index contributed by atoms with van der Waals surface area (Å²) in [6.45, 7) is 4.30. The van der Waals surface area contributed by atoms with Crippen molar-refractivity contribution in [2.45, 2.75) is 32.3 Å². The Hall–Kier alpha value is -1.06. The Morgan fingerprint density at radius 2 is 2.12 bits per heavy atom. The lowest BCUT2D eigenvalue weighted by molar-refractivity contribution is 0.160. The zero-order chi connectivity index (χ0) is 12.1. The van der Waals surface area contributed by atoms with Crippen molar-refractivity contribution in [3.63, 3.8) is 0 Å². The number of ether oxygens (including phenoxy) is 1. The quantitative estimate of drug-likeness (QED) is 0.834. The van der Waals surface area contributed by atoms with E-state index < -0.39 is 0 Å². The predicted molar refractivity (Wildman–Crippen MR) is 68.5 cm³/mol. The van der Waals surface area contributed by atoms with Gasteiger partial charge in [0.25, 0.3) is 0 Å².